The Morgan fingerprint density at radius 2 is 2.29 bits per heavy atom. The monoisotopic (exact) mass is 381 g/mol. The first-order valence-corrected chi connectivity index (χ1v) is 7.82. The highest BCUT2D eigenvalue weighted by Crippen LogP contribution is 2.23. The van der Waals surface area contributed by atoms with Crippen LogP contribution in [0.15, 0.2) is 22.7 Å². The number of halogens is 3. The van der Waals surface area contributed by atoms with Gasteiger partial charge in [-0.25, -0.2) is 0 Å². The molecule has 0 radical (unpaired) electrons. The molecule has 5 heteroatoms. The van der Waals surface area contributed by atoms with Gasteiger partial charge in [0.25, 0.3) is 0 Å². The van der Waals surface area contributed by atoms with Gasteiger partial charge in [-0.1, -0.05) is 49.5 Å². The van der Waals surface area contributed by atoms with Gasteiger partial charge in [-0.3, -0.25) is 4.90 Å². The number of morpholine rings is 1. The van der Waals surface area contributed by atoms with E-state index in [4.69, 9.17) is 16.3 Å². The summed E-state index contributed by atoms with van der Waals surface area (Å²) in [5.41, 5.74) is 1.17. The quantitative estimate of drug-likeness (QED) is 0.738. The first-order chi connectivity index (χ1) is 8.19. The second kappa shape index (κ2) is 6.53. The molecule has 1 saturated heterocycles. The van der Waals surface area contributed by atoms with Gasteiger partial charge in [0.15, 0.2) is 0 Å². The summed E-state index contributed by atoms with van der Waals surface area (Å²) in [5.74, 6) is 0. The highest BCUT2D eigenvalue weighted by molar-refractivity contribution is 9.10. The van der Waals surface area contributed by atoms with Gasteiger partial charge >= 0.3 is 0 Å². The van der Waals surface area contributed by atoms with E-state index in [9.17, 15) is 0 Å². The average Bonchev–Trinajstić information content (AvgIpc) is 2.33. The minimum atomic E-state index is 0.290. The van der Waals surface area contributed by atoms with Crippen LogP contribution in [0.2, 0.25) is 5.02 Å². The summed E-state index contributed by atoms with van der Waals surface area (Å²) in [5, 5.41) is 1.71. The number of hydrogen-bond donors (Lipinski definition) is 0. The summed E-state index contributed by atoms with van der Waals surface area (Å²) in [6, 6.07) is 6.05. The minimum Gasteiger partial charge on any atom is -0.375 e. The molecule has 1 aromatic carbocycles. The zero-order valence-electron chi connectivity index (χ0n) is 9.33. The van der Waals surface area contributed by atoms with Crippen LogP contribution in [-0.2, 0) is 11.3 Å². The molecule has 17 heavy (non-hydrogen) atoms. The molecule has 94 valence electrons. The smallest absolute Gasteiger partial charge is 0.0799 e. The van der Waals surface area contributed by atoms with Crippen molar-refractivity contribution in [2.24, 2.45) is 0 Å². The second-order valence-corrected chi connectivity index (χ2v) is 6.09. The molecule has 0 aromatic heterocycles. The van der Waals surface area contributed by atoms with Crippen LogP contribution in [-0.4, -0.2) is 36.0 Å². The fourth-order valence-corrected chi connectivity index (χ4v) is 3.03. The van der Waals surface area contributed by atoms with E-state index in [0.29, 0.717) is 0 Å². The highest BCUT2D eigenvalue weighted by atomic mass is 79.9. The number of benzene rings is 1. The SMILES string of the molecule is Clc1cc(Br)ccc1CN1CCOC(CBr)C1. The first kappa shape index (κ1) is 13.8. The van der Waals surface area contributed by atoms with E-state index in [1.807, 2.05) is 12.1 Å². The van der Waals surface area contributed by atoms with Crippen LogP contribution in [0, 0.1) is 0 Å². The Morgan fingerprint density at radius 3 is 3.00 bits per heavy atom. The van der Waals surface area contributed by atoms with Gasteiger partial charge in [-0.15, -0.1) is 0 Å². The van der Waals surface area contributed by atoms with Crippen molar-refractivity contribution in [1.29, 1.82) is 0 Å². The van der Waals surface area contributed by atoms with Gasteiger partial charge in [0, 0.05) is 34.5 Å². The fraction of sp³-hybridized carbons (Fsp3) is 0.500. The maximum atomic E-state index is 6.22. The number of rotatable bonds is 3. The van der Waals surface area contributed by atoms with Crippen molar-refractivity contribution in [3.63, 3.8) is 0 Å². The Labute approximate surface area is 124 Å². The van der Waals surface area contributed by atoms with Crippen molar-refractivity contribution < 1.29 is 4.74 Å². The maximum Gasteiger partial charge on any atom is 0.0799 e. The van der Waals surface area contributed by atoms with Crippen molar-refractivity contribution in [2.45, 2.75) is 12.6 Å². The molecule has 1 aromatic rings. The third-order valence-electron chi connectivity index (χ3n) is 2.80. The molecule has 1 unspecified atom stereocenters. The van der Waals surface area contributed by atoms with Crippen LogP contribution in [0.3, 0.4) is 0 Å². The molecule has 2 nitrogen and oxygen atoms in total. The second-order valence-electron chi connectivity index (χ2n) is 4.12. The van der Waals surface area contributed by atoms with E-state index in [-0.39, 0.29) is 6.10 Å². The first-order valence-electron chi connectivity index (χ1n) is 5.53. The summed E-state index contributed by atoms with van der Waals surface area (Å²) < 4.78 is 6.64. The maximum absolute atomic E-state index is 6.22. The van der Waals surface area contributed by atoms with Crippen LogP contribution in [0.4, 0.5) is 0 Å². The Hall–Kier alpha value is 0.390. The fourth-order valence-electron chi connectivity index (χ4n) is 1.91. The van der Waals surface area contributed by atoms with Gasteiger partial charge < -0.3 is 4.74 Å². The van der Waals surface area contributed by atoms with Crippen LogP contribution < -0.4 is 0 Å². The van der Waals surface area contributed by atoms with E-state index < -0.39 is 0 Å². The normalized spacial score (nSPS) is 21.7. The van der Waals surface area contributed by atoms with Crippen LogP contribution in [0.25, 0.3) is 0 Å². The van der Waals surface area contributed by atoms with Crippen molar-refractivity contribution in [3.8, 4) is 0 Å². The standard InChI is InChI=1S/C12H14Br2ClNO/c13-6-11-8-16(3-4-17-11)7-9-1-2-10(14)5-12(9)15/h1-2,5,11H,3-4,6-8H2. The Bertz CT molecular complexity index is 389. The Kier molecular flexibility index (Phi) is 5.30. The molecule has 1 fully saturated rings. The lowest BCUT2D eigenvalue weighted by Crippen LogP contribution is -2.42. The molecule has 1 aliphatic rings. The molecular weight excluding hydrogens is 369 g/mol. The topological polar surface area (TPSA) is 12.5 Å². The molecule has 0 bridgehead atoms. The summed E-state index contributed by atoms with van der Waals surface area (Å²) >= 11 is 13.1. The van der Waals surface area contributed by atoms with Gasteiger partial charge in [-0.05, 0) is 17.7 Å². The molecule has 0 amide bonds. The summed E-state index contributed by atoms with van der Waals surface area (Å²) in [4.78, 5) is 2.38. The summed E-state index contributed by atoms with van der Waals surface area (Å²) in [6.45, 7) is 3.61. The molecule has 1 heterocycles. The molecule has 0 aliphatic carbocycles. The lowest BCUT2D eigenvalue weighted by atomic mass is 10.2. The van der Waals surface area contributed by atoms with Crippen molar-refractivity contribution >= 4 is 43.5 Å². The van der Waals surface area contributed by atoms with Gasteiger partial charge in [-0.2, -0.15) is 0 Å². The zero-order valence-corrected chi connectivity index (χ0v) is 13.3. The zero-order chi connectivity index (χ0) is 12.3. The molecular formula is C12H14Br2ClNO. The number of ether oxygens (including phenoxy) is 1. The van der Waals surface area contributed by atoms with Crippen LogP contribution >= 0.6 is 43.5 Å². The van der Waals surface area contributed by atoms with Crippen molar-refractivity contribution in [3.05, 3.63) is 33.3 Å². The highest BCUT2D eigenvalue weighted by Gasteiger charge is 2.19. The summed E-state index contributed by atoms with van der Waals surface area (Å²) in [6.07, 6.45) is 0.290. The van der Waals surface area contributed by atoms with Gasteiger partial charge in [0.2, 0.25) is 0 Å². The third-order valence-corrected chi connectivity index (χ3v) is 4.37. The Morgan fingerprint density at radius 1 is 1.47 bits per heavy atom. The Balaban J connectivity index is 2.00. The molecule has 1 aliphatic heterocycles. The van der Waals surface area contributed by atoms with Crippen LogP contribution in [0.1, 0.15) is 5.56 Å². The molecule has 1 atom stereocenters. The summed E-state index contributed by atoms with van der Waals surface area (Å²) in [7, 11) is 0. The van der Waals surface area contributed by atoms with Crippen LogP contribution in [0.5, 0.6) is 0 Å². The number of hydrogen-bond acceptors (Lipinski definition) is 2. The van der Waals surface area contributed by atoms with Gasteiger partial charge in [0.05, 0.1) is 12.7 Å². The van der Waals surface area contributed by atoms with E-state index in [0.717, 1.165) is 41.1 Å². The molecule has 0 saturated carbocycles. The lowest BCUT2D eigenvalue weighted by Gasteiger charge is -2.32. The molecule has 2 rings (SSSR count). The van der Waals surface area contributed by atoms with E-state index in [2.05, 4.69) is 42.8 Å². The largest absolute Gasteiger partial charge is 0.375 e. The third kappa shape index (κ3) is 3.93. The lowest BCUT2D eigenvalue weighted by molar-refractivity contribution is -0.0181. The predicted molar refractivity (Wildman–Crippen MR) is 78.0 cm³/mol. The van der Waals surface area contributed by atoms with E-state index in [1.165, 1.54) is 5.56 Å². The van der Waals surface area contributed by atoms with E-state index >= 15 is 0 Å². The predicted octanol–water partition coefficient (Wildman–Crippen LogP) is 3.70. The van der Waals surface area contributed by atoms with Crippen molar-refractivity contribution in [2.75, 3.05) is 25.0 Å². The van der Waals surface area contributed by atoms with Crippen molar-refractivity contribution in [1.82, 2.24) is 4.90 Å². The number of nitrogens with zero attached hydrogens (tertiary/aromatic N) is 1. The van der Waals surface area contributed by atoms with Gasteiger partial charge in [0.1, 0.15) is 0 Å². The molecule has 0 spiro atoms. The average molecular weight is 384 g/mol. The van der Waals surface area contributed by atoms with E-state index in [1.54, 1.807) is 0 Å². The molecule has 0 N–H and O–H groups in total. The minimum absolute atomic E-state index is 0.290. The number of alkyl halides is 1.